The van der Waals surface area contributed by atoms with Gasteiger partial charge in [-0.2, -0.15) is 0 Å². The van der Waals surface area contributed by atoms with Gasteiger partial charge in [-0.1, -0.05) is 61.4 Å². The average Bonchev–Trinajstić information content (AvgIpc) is 2.37. The monoisotopic (exact) mass is 332 g/mol. The zero-order valence-corrected chi connectivity index (χ0v) is 13.4. The van der Waals surface area contributed by atoms with Gasteiger partial charge in [0.25, 0.3) is 0 Å². The molecule has 108 valence electrons. The molecule has 0 bridgehead atoms. The van der Waals surface area contributed by atoms with Crippen LogP contribution in [0.25, 0.3) is 0 Å². The third-order valence-electron chi connectivity index (χ3n) is 3.43. The Bertz CT molecular complexity index is 391. The number of benzene rings is 1. The van der Waals surface area contributed by atoms with Gasteiger partial charge >= 0.3 is 0 Å². The molecule has 0 spiro atoms. The molecule has 0 aromatic heterocycles. The van der Waals surface area contributed by atoms with Crippen LogP contribution in [0, 0.1) is 18.6 Å². The van der Waals surface area contributed by atoms with Crippen LogP contribution in [0.5, 0.6) is 0 Å². The molecule has 1 aromatic carbocycles. The second-order valence-electron chi connectivity index (χ2n) is 5.15. The minimum Gasteiger partial charge on any atom is -0.207 e. The highest BCUT2D eigenvalue weighted by molar-refractivity contribution is 9.09. The highest BCUT2D eigenvalue weighted by Gasteiger charge is 2.14. The lowest BCUT2D eigenvalue weighted by atomic mass is 10.0. The number of rotatable bonds is 8. The minimum absolute atomic E-state index is 0.0891. The van der Waals surface area contributed by atoms with Gasteiger partial charge in [0.05, 0.1) is 0 Å². The normalized spacial score (nSPS) is 12.7. The van der Waals surface area contributed by atoms with Crippen molar-refractivity contribution in [1.29, 1.82) is 0 Å². The molecule has 19 heavy (non-hydrogen) atoms. The lowest BCUT2D eigenvalue weighted by molar-refractivity contribution is 0.558. The molecule has 1 unspecified atom stereocenters. The molecule has 0 radical (unpaired) electrons. The van der Waals surface area contributed by atoms with Crippen molar-refractivity contribution in [3.05, 3.63) is 34.9 Å². The van der Waals surface area contributed by atoms with Crippen LogP contribution in [-0.4, -0.2) is 0 Å². The van der Waals surface area contributed by atoms with Gasteiger partial charge in [0, 0.05) is 10.4 Å². The maximum Gasteiger partial charge on any atom is 0.128 e. The van der Waals surface area contributed by atoms with Gasteiger partial charge in [0.2, 0.25) is 0 Å². The summed E-state index contributed by atoms with van der Waals surface area (Å²) in [5.41, 5.74) is 0.803. The van der Waals surface area contributed by atoms with E-state index >= 15 is 0 Å². The van der Waals surface area contributed by atoms with Gasteiger partial charge in [-0.25, -0.2) is 8.78 Å². The maximum atomic E-state index is 13.8. The van der Waals surface area contributed by atoms with E-state index < -0.39 is 0 Å². The van der Waals surface area contributed by atoms with E-state index in [0.717, 1.165) is 19.3 Å². The van der Waals surface area contributed by atoms with E-state index in [1.165, 1.54) is 37.8 Å². The third kappa shape index (κ3) is 5.60. The van der Waals surface area contributed by atoms with Crippen molar-refractivity contribution in [2.24, 2.45) is 0 Å². The van der Waals surface area contributed by atoms with Crippen LogP contribution in [0.1, 0.15) is 67.8 Å². The maximum absolute atomic E-state index is 13.8. The van der Waals surface area contributed by atoms with Crippen LogP contribution < -0.4 is 0 Å². The second-order valence-corrected chi connectivity index (χ2v) is 6.25. The Morgan fingerprint density at radius 3 is 2.32 bits per heavy atom. The Labute approximate surface area is 123 Å². The van der Waals surface area contributed by atoms with Crippen LogP contribution in [0.15, 0.2) is 12.1 Å². The molecule has 3 heteroatoms. The molecule has 0 heterocycles. The Morgan fingerprint density at radius 2 is 1.63 bits per heavy atom. The first-order valence-corrected chi connectivity index (χ1v) is 8.07. The number of unbranched alkanes of at least 4 members (excludes halogenated alkanes) is 5. The molecule has 0 saturated carbocycles. The van der Waals surface area contributed by atoms with Crippen LogP contribution >= 0.6 is 15.9 Å². The van der Waals surface area contributed by atoms with Gasteiger partial charge in [-0.15, -0.1) is 0 Å². The standard InChI is InChI=1S/C16H23BrF2/c1-3-4-5-6-7-8-9-14(17)13-11-15(18)12(2)10-16(13)19/h10-11,14H,3-9H2,1-2H3. The molecular formula is C16H23BrF2. The van der Waals surface area contributed by atoms with Crippen molar-refractivity contribution < 1.29 is 8.78 Å². The minimum atomic E-state index is -0.330. The molecule has 1 rings (SSSR count). The first-order chi connectivity index (χ1) is 9.06. The highest BCUT2D eigenvalue weighted by Crippen LogP contribution is 2.32. The van der Waals surface area contributed by atoms with Crippen LogP contribution in [0.2, 0.25) is 0 Å². The zero-order chi connectivity index (χ0) is 14.3. The lowest BCUT2D eigenvalue weighted by Gasteiger charge is -2.12. The molecule has 0 saturated heterocycles. The van der Waals surface area contributed by atoms with Gasteiger partial charge in [0.1, 0.15) is 11.6 Å². The number of hydrogen-bond donors (Lipinski definition) is 0. The van der Waals surface area contributed by atoms with Gasteiger partial charge in [-0.3, -0.25) is 0 Å². The number of halogens is 3. The molecular weight excluding hydrogens is 310 g/mol. The molecule has 0 aliphatic carbocycles. The third-order valence-corrected chi connectivity index (χ3v) is 4.38. The zero-order valence-electron chi connectivity index (χ0n) is 11.8. The fourth-order valence-corrected chi connectivity index (χ4v) is 2.84. The lowest BCUT2D eigenvalue weighted by Crippen LogP contribution is -1.98. The van der Waals surface area contributed by atoms with E-state index in [0.29, 0.717) is 11.1 Å². The summed E-state index contributed by atoms with van der Waals surface area (Å²) in [5.74, 6) is -0.643. The van der Waals surface area contributed by atoms with Crippen molar-refractivity contribution in [3.63, 3.8) is 0 Å². The first-order valence-electron chi connectivity index (χ1n) is 7.15. The van der Waals surface area contributed by atoms with Crippen molar-refractivity contribution in [1.82, 2.24) is 0 Å². The summed E-state index contributed by atoms with van der Waals surface area (Å²) in [6.45, 7) is 3.78. The van der Waals surface area contributed by atoms with Crippen molar-refractivity contribution >= 4 is 15.9 Å². The summed E-state index contributed by atoms with van der Waals surface area (Å²) in [4.78, 5) is -0.0891. The molecule has 0 N–H and O–H groups in total. The van der Waals surface area contributed by atoms with E-state index in [4.69, 9.17) is 0 Å². The van der Waals surface area contributed by atoms with E-state index in [2.05, 4.69) is 22.9 Å². The predicted molar refractivity (Wildman–Crippen MR) is 80.8 cm³/mol. The summed E-state index contributed by atoms with van der Waals surface area (Å²) in [6.07, 6.45) is 8.11. The molecule has 0 amide bonds. The van der Waals surface area contributed by atoms with Crippen molar-refractivity contribution in [2.45, 2.75) is 63.6 Å². The Balaban J connectivity index is 2.41. The average molecular weight is 333 g/mol. The highest BCUT2D eigenvalue weighted by atomic mass is 79.9. The SMILES string of the molecule is CCCCCCCCC(Br)c1cc(F)c(C)cc1F. The Hall–Kier alpha value is -0.440. The number of alkyl halides is 1. The summed E-state index contributed by atoms with van der Waals surface area (Å²) in [5, 5.41) is 0. The smallest absolute Gasteiger partial charge is 0.128 e. The summed E-state index contributed by atoms with van der Waals surface area (Å²) in [7, 11) is 0. The molecule has 1 aromatic rings. The summed E-state index contributed by atoms with van der Waals surface area (Å²) < 4.78 is 27.2. The van der Waals surface area contributed by atoms with E-state index in [1.54, 1.807) is 6.92 Å². The number of hydrogen-bond acceptors (Lipinski definition) is 0. The van der Waals surface area contributed by atoms with Crippen molar-refractivity contribution in [3.8, 4) is 0 Å². The fraction of sp³-hybridized carbons (Fsp3) is 0.625. The second kappa shape index (κ2) is 8.68. The quantitative estimate of drug-likeness (QED) is 0.378. The van der Waals surface area contributed by atoms with Gasteiger partial charge < -0.3 is 0 Å². The van der Waals surface area contributed by atoms with Crippen LogP contribution in [0.3, 0.4) is 0 Å². The Kier molecular flexibility index (Phi) is 7.59. The predicted octanol–water partition coefficient (Wildman–Crippen LogP) is 6.46. The molecule has 1 atom stereocenters. The van der Waals surface area contributed by atoms with E-state index in [-0.39, 0.29) is 16.5 Å². The fourth-order valence-electron chi connectivity index (χ4n) is 2.16. The van der Waals surface area contributed by atoms with Crippen LogP contribution in [0.4, 0.5) is 8.78 Å². The number of aryl methyl sites for hydroxylation is 1. The molecule has 0 aliphatic rings. The van der Waals surface area contributed by atoms with E-state index in [1.807, 2.05) is 0 Å². The van der Waals surface area contributed by atoms with Gasteiger partial charge in [0.15, 0.2) is 0 Å². The topological polar surface area (TPSA) is 0 Å². The largest absolute Gasteiger partial charge is 0.207 e. The summed E-state index contributed by atoms with van der Waals surface area (Å²) >= 11 is 3.47. The Morgan fingerprint density at radius 1 is 1.00 bits per heavy atom. The molecule has 0 nitrogen and oxygen atoms in total. The summed E-state index contributed by atoms with van der Waals surface area (Å²) in [6, 6.07) is 2.60. The van der Waals surface area contributed by atoms with E-state index in [9.17, 15) is 8.78 Å². The van der Waals surface area contributed by atoms with Crippen molar-refractivity contribution in [2.75, 3.05) is 0 Å². The first kappa shape index (κ1) is 16.6. The molecule has 0 fully saturated rings. The van der Waals surface area contributed by atoms with Gasteiger partial charge in [-0.05, 0) is 31.0 Å². The van der Waals surface area contributed by atoms with Crippen LogP contribution in [-0.2, 0) is 0 Å². The molecule has 0 aliphatic heterocycles.